The van der Waals surface area contributed by atoms with Crippen LogP contribution in [0.1, 0.15) is 8.56 Å². The second kappa shape index (κ2) is 17.3. The van der Waals surface area contributed by atoms with Gasteiger partial charge in [0, 0.05) is 0 Å². The number of hydrogen-bond donors (Lipinski definition) is 6. The van der Waals surface area contributed by atoms with E-state index in [0.717, 1.165) is 0 Å². The van der Waals surface area contributed by atoms with Crippen molar-refractivity contribution in [2.45, 2.75) is 0 Å². The molecule has 0 aromatic carbocycles. The van der Waals surface area contributed by atoms with Crippen molar-refractivity contribution in [1.82, 2.24) is 0 Å². The summed E-state index contributed by atoms with van der Waals surface area (Å²) in [4.78, 5) is 43.1. The number of phosphoric acid groups is 2. The Hall–Kier alpha value is 4.29. The fraction of sp³-hybridized carbons (Fsp3) is 0. The average Bonchev–Trinajstić information content (AvgIpc) is 1.12. The van der Waals surface area contributed by atoms with E-state index in [-0.39, 0.29) is 134 Å². The molecule has 0 aliphatic heterocycles. The first-order valence-electron chi connectivity index (χ1n) is 1.57. The molecule has 0 fully saturated rings. The summed E-state index contributed by atoms with van der Waals surface area (Å²) in [5.74, 6) is 0. The minimum Gasteiger partial charge on any atom is -1.00 e. The average molecular weight is 359 g/mol. The smallest absolute Gasteiger partial charge is 1.00 e. The summed E-state index contributed by atoms with van der Waals surface area (Å²) >= 11 is 0. The van der Waals surface area contributed by atoms with Gasteiger partial charge in [-0.3, -0.25) is 0 Å². The van der Waals surface area contributed by atoms with Crippen molar-refractivity contribution in [1.29, 1.82) is 0 Å². The van der Waals surface area contributed by atoms with Gasteiger partial charge in [-0.25, -0.2) is 9.13 Å². The fourth-order valence-electron chi connectivity index (χ4n) is 0. The second-order valence-corrected chi connectivity index (χ2v) is 3.08. The van der Waals surface area contributed by atoms with E-state index in [1.54, 1.807) is 0 Å². The molecular weight excluding hydrogens is 346 g/mol. The number of rotatable bonds is 0. The Kier molecular flexibility index (Phi) is 44.7. The van der Waals surface area contributed by atoms with Crippen LogP contribution in [0.15, 0.2) is 0 Å². The molecule has 0 bridgehead atoms. The minimum atomic E-state index is -4.64. The van der Waals surface area contributed by atoms with Gasteiger partial charge in [-0.05, 0) is 0 Å². The molecule has 0 saturated carbocycles. The maximum atomic E-state index is 8.88. The molecule has 84 valence electrons. The molecular formula is H13Ca3ClO8P2. The third kappa shape index (κ3) is 207. The van der Waals surface area contributed by atoms with E-state index >= 15 is 0 Å². The largest absolute Gasteiger partial charge is 2.00 e. The van der Waals surface area contributed by atoms with Crippen molar-refractivity contribution in [3.05, 3.63) is 0 Å². The van der Waals surface area contributed by atoms with Crippen LogP contribution in [0.2, 0.25) is 0 Å². The van der Waals surface area contributed by atoms with Gasteiger partial charge in [0.2, 0.25) is 0 Å². The van der Waals surface area contributed by atoms with Gasteiger partial charge >= 0.3 is 129 Å². The van der Waals surface area contributed by atoms with Crippen molar-refractivity contribution in [2.75, 3.05) is 0 Å². The zero-order chi connectivity index (χ0) is 9.00. The van der Waals surface area contributed by atoms with E-state index in [1.165, 1.54) is 0 Å². The zero-order valence-electron chi connectivity index (χ0n) is 12.9. The molecule has 0 aromatic heterocycles. The van der Waals surface area contributed by atoms with E-state index in [9.17, 15) is 0 Å². The van der Waals surface area contributed by atoms with E-state index in [0.29, 0.717) is 0 Å². The molecule has 0 rings (SSSR count). The van der Waals surface area contributed by atoms with Gasteiger partial charge in [-0.2, -0.15) is 0 Å². The van der Waals surface area contributed by atoms with Crippen LogP contribution in [0, 0.1) is 0 Å². The van der Waals surface area contributed by atoms with Crippen LogP contribution in [-0.2, 0) is 9.13 Å². The summed E-state index contributed by atoms with van der Waals surface area (Å²) in [7, 11) is -9.28. The molecule has 14 heavy (non-hydrogen) atoms. The molecule has 0 spiro atoms. The first-order chi connectivity index (χ1) is 4.00. The van der Waals surface area contributed by atoms with Crippen molar-refractivity contribution in [3.8, 4) is 0 Å². The van der Waals surface area contributed by atoms with Crippen molar-refractivity contribution in [2.24, 2.45) is 0 Å². The van der Waals surface area contributed by atoms with Crippen LogP contribution in [0.3, 0.4) is 0 Å². The predicted octanol–water partition coefficient (Wildman–Crippen LogP) is -1.90. The molecule has 0 aliphatic carbocycles. The van der Waals surface area contributed by atoms with Crippen LogP contribution >= 0.6 is 28.1 Å². The predicted molar refractivity (Wildman–Crippen MR) is 59.7 cm³/mol. The molecule has 0 aromatic rings. The van der Waals surface area contributed by atoms with Crippen LogP contribution in [0.4, 0.5) is 0 Å². The molecule has 0 heterocycles. The van der Waals surface area contributed by atoms with Gasteiger partial charge in [0.1, 0.15) is 0 Å². The van der Waals surface area contributed by atoms with Crippen LogP contribution < -0.4 is 0 Å². The third-order valence-electron chi connectivity index (χ3n) is 0. The van der Waals surface area contributed by atoms with E-state index in [4.69, 9.17) is 38.5 Å². The summed E-state index contributed by atoms with van der Waals surface area (Å²) in [6, 6.07) is 0. The maximum Gasteiger partial charge on any atom is 2.00 e. The SMILES string of the molecule is Cl.O=P(O)(O)O.O=P(O)(O)O.[Ca+2].[Ca+2].[Ca+2].[H-].[H-].[H-].[H-].[H-].[H-]. The standard InChI is InChI=1S/3Ca.ClH.2H3O4P.6H/c;;;;2*1-5(2,3)4;;;;;;/h;;;1H;2*(H3,1,2,3,4);;;;;;/q3*+2;;;;6*-1. The van der Waals surface area contributed by atoms with Crippen molar-refractivity contribution < 1.29 is 47.1 Å². The van der Waals surface area contributed by atoms with E-state index in [2.05, 4.69) is 0 Å². The van der Waals surface area contributed by atoms with Crippen molar-refractivity contribution >= 4 is 141 Å². The molecule has 14 heteroatoms. The Labute approximate surface area is 185 Å². The summed E-state index contributed by atoms with van der Waals surface area (Å²) in [6.07, 6.45) is 0. The molecule has 8 nitrogen and oxygen atoms in total. The van der Waals surface area contributed by atoms with Gasteiger partial charge < -0.3 is 37.9 Å². The van der Waals surface area contributed by atoms with Crippen molar-refractivity contribution in [3.63, 3.8) is 0 Å². The normalized spacial score (nSPS) is 8.43. The summed E-state index contributed by atoms with van der Waals surface area (Å²) < 4.78 is 17.8. The topological polar surface area (TPSA) is 156 Å². The molecule has 0 atom stereocenters. The Bertz CT molecular complexity index is 153. The van der Waals surface area contributed by atoms with Crippen LogP contribution in [0.25, 0.3) is 0 Å². The monoisotopic (exact) mass is 358 g/mol. The van der Waals surface area contributed by atoms with Gasteiger partial charge in [-0.1, -0.05) is 0 Å². The number of halogens is 1. The summed E-state index contributed by atoms with van der Waals surface area (Å²) in [5, 5.41) is 0. The Balaban J connectivity index is -0.00000000427. The Morgan fingerprint density at radius 2 is 0.643 bits per heavy atom. The maximum absolute atomic E-state index is 8.88. The summed E-state index contributed by atoms with van der Waals surface area (Å²) in [5.41, 5.74) is 0. The van der Waals surface area contributed by atoms with E-state index in [1.807, 2.05) is 0 Å². The van der Waals surface area contributed by atoms with Gasteiger partial charge in [0.25, 0.3) is 0 Å². The first kappa shape index (κ1) is 36.2. The molecule has 0 radical (unpaired) electrons. The molecule has 0 amide bonds. The Morgan fingerprint density at radius 3 is 0.643 bits per heavy atom. The zero-order valence-corrected chi connectivity index (χ0v) is 16.2. The van der Waals surface area contributed by atoms with Gasteiger partial charge in [0.15, 0.2) is 0 Å². The fourth-order valence-corrected chi connectivity index (χ4v) is 0. The second-order valence-electron chi connectivity index (χ2n) is 1.03. The molecule has 6 N–H and O–H groups in total. The molecule has 0 saturated heterocycles. The molecule has 0 unspecified atom stereocenters. The number of hydrogen-bond acceptors (Lipinski definition) is 2. The first-order valence-corrected chi connectivity index (χ1v) is 4.70. The Morgan fingerprint density at radius 1 is 0.643 bits per heavy atom. The third-order valence-corrected chi connectivity index (χ3v) is 0. The van der Waals surface area contributed by atoms with Crippen LogP contribution in [0.5, 0.6) is 0 Å². The van der Waals surface area contributed by atoms with E-state index < -0.39 is 15.6 Å². The quantitative estimate of drug-likeness (QED) is 0.216. The molecule has 0 aliphatic rings. The minimum absolute atomic E-state index is 0. The summed E-state index contributed by atoms with van der Waals surface area (Å²) in [6.45, 7) is 0. The van der Waals surface area contributed by atoms with Crippen LogP contribution in [-0.4, -0.2) is 143 Å². The van der Waals surface area contributed by atoms with Gasteiger partial charge in [0.05, 0.1) is 0 Å². The van der Waals surface area contributed by atoms with Gasteiger partial charge in [-0.15, -0.1) is 12.4 Å².